The molecule has 1 aliphatic carbocycles. The number of hydrogen-bond donors (Lipinski definition) is 2. The summed E-state index contributed by atoms with van der Waals surface area (Å²) in [5.74, 6) is 6.24. The number of fused-ring (bicyclic) bond motifs is 1. The van der Waals surface area contributed by atoms with Crippen molar-refractivity contribution in [2.24, 2.45) is 5.84 Å². The Morgan fingerprint density at radius 2 is 2.20 bits per heavy atom. The summed E-state index contributed by atoms with van der Waals surface area (Å²) in [4.78, 5) is 4.03. The van der Waals surface area contributed by atoms with Gasteiger partial charge in [-0.05, 0) is 42.0 Å². The molecule has 0 radical (unpaired) electrons. The Morgan fingerprint density at radius 3 is 3.00 bits per heavy atom. The Balaban J connectivity index is 1.83. The van der Waals surface area contributed by atoms with E-state index in [1.807, 2.05) is 6.07 Å². The smallest absolute Gasteiger partial charge is 0.0621 e. The molecule has 0 saturated heterocycles. The third-order valence-electron chi connectivity index (χ3n) is 4.18. The maximum Gasteiger partial charge on any atom is 0.0621 e. The standard InChI is InChI=1S/C16H18ClN3/c17-15-10-19-8-7-12(15)9-16(20-18)14-6-5-11-3-1-2-4-13(11)14/h1-4,7-8,10,14,16,20H,5-6,9,18H2. The predicted octanol–water partition coefficient (Wildman–Crippen LogP) is 2.84. The van der Waals surface area contributed by atoms with Gasteiger partial charge in [0.05, 0.1) is 5.02 Å². The summed E-state index contributed by atoms with van der Waals surface area (Å²) in [5.41, 5.74) is 6.93. The summed E-state index contributed by atoms with van der Waals surface area (Å²) in [6.45, 7) is 0. The topological polar surface area (TPSA) is 50.9 Å². The van der Waals surface area contributed by atoms with Crippen LogP contribution in [0.1, 0.15) is 29.0 Å². The number of hydrazine groups is 1. The monoisotopic (exact) mass is 287 g/mol. The zero-order valence-electron chi connectivity index (χ0n) is 11.2. The molecule has 0 saturated carbocycles. The van der Waals surface area contributed by atoms with Gasteiger partial charge >= 0.3 is 0 Å². The Labute approximate surface area is 124 Å². The van der Waals surface area contributed by atoms with E-state index in [9.17, 15) is 0 Å². The molecule has 3 nitrogen and oxygen atoms in total. The first-order valence-electron chi connectivity index (χ1n) is 6.92. The molecule has 4 heteroatoms. The number of pyridine rings is 1. The molecular formula is C16H18ClN3. The molecule has 0 bridgehead atoms. The number of benzene rings is 1. The molecule has 0 spiro atoms. The Bertz CT molecular complexity index is 600. The zero-order valence-corrected chi connectivity index (χ0v) is 12.0. The molecule has 2 unspecified atom stereocenters. The van der Waals surface area contributed by atoms with Crippen LogP contribution in [0.25, 0.3) is 0 Å². The number of nitrogens with one attached hydrogen (secondary N) is 1. The first-order chi connectivity index (χ1) is 9.79. The lowest BCUT2D eigenvalue weighted by atomic mass is 9.89. The number of rotatable bonds is 4. The van der Waals surface area contributed by atoms with E-state index in [0.717, 1.165) is 24.8 Å². The molecular weight excluding hydrogens is 270 g/mol. The van der Waals surface area contributed by atoms with Crippen molar-refractivity contribution < 1.29 is 0 Å². The molecule has 0 amide bonds. The molecule has 1 aliphatic rings. The van der Waals surface area contributed by atoms with Crippen molar-refractivity contribution in [1.82, 2.24) is 10.4 Å². The van der Waals surface area contributed by atoms with Crippen LogP contribution < -0.4 is 11.3 Å². The van der Waals surface area contributed by atoms with Gasteiger partial charge in [-0.3, -0.25) is 16.3 Å². The molecule has 2 atom stereocenters. The fourth-order valence-electron chi connectivity index (χ4n) is 3.13. The van der Waals surface area contributed by atoms with Gasteiger partial charge < -0.3 is 0 Å². The second-order valence-corrected chi connectivity index (χ2v) is 5.70. The van der Waals surface area contributed by atoms with Crippen molar-refractivity contribution in [3.63, 3.8) is 0 Å². The molecule has 1 heterocycles. The Morgan fingerprint density at radius 1 is 1.35 bits per heavy atom. The molecule has 3 N–H and O–H groups in total. The van der Waals surface area contributed by atoms with Crippen LogP contribution in [0.5, 0.6) is 0 Å². The van der Waals surface area contributed by atoms with Gasteiger partial charge in [0.15, 0.2) is 0 Å². The van der Waals surface area contributed by atoms with E-state index in [2.05, 4.69) is 34.7 Å². The molecule has 0 aliphatic heterocycles. The summed E-state index contributed by atoms with van der Waals surface area (Å²) >= 11 is 6.20. The van der Waals surface area contributed by atoms with Gasteiger partial charge in [-0.1, -0.05) is 35.9 Å². The number of nitrogens with zero attached hydrogens (tertiary/aromatic N) is 1. The highest BCUT2D eigenvalue weighted by molar-refractivity contribution is 6.31. The first kappa shape index (κ1) is 13.6. The number of aromatic nitrogens is 1. The first-order valence-corrected chi connectivity index (χ1v) is 7.29. The SMILES string of the molecule is NNC(Cc1ccncc1Cl)C1CCc2ccccc21. The lowest BCUT2D eigenvalue weighted by Gasteiger charge is -2.24. The molecule has 2 aromatic rings. The van der Waals surface area contributed by atoms with Crippen LogP contribution in [0.4, 0.5) is 0 Å². The maximum atomic E-state index is 6.20. The third-order valence-corrected chi connectivity index (χ3v) is 4.52. The predicted molar refractivity (Wildman–Crippen MR) is 81.6 cm³/mol. The highest BCUT2D eigenvalue weighted by atomic mass is 35.5. The van der Waals surface area contributed by atoms with Crippen LogP contribution in [0, 0.1) is 0 Å². The van der Waals surface area contributed by atoms with E-state index in [1.54, 1.807) is 12.4 Å². The van der Waals surface area contributed by atoms with Crippen LogP contribution >= 0.6 is 11.6 Å². The summed E-state index contributed by atoms with van der Waals surface area (Å²) in [6, 6.07) is 10.8. The van der Waals surface area contributed by atoms with Crippen LogP contribution in [-0.4, -0.2) is 11.0 Å². The number of aryl methyl sites for hydroxylation is 1. The Kier molecular flexibility index (Phi) is 4.01. The van der Waals surface area contributed by atoms with Crippen LogP contribution in [0.2, 0.25) is 5.02 Å². The van der Waals surface area contributed by atoms with E-state index < -0.39 is 0 Å². The van der Waals surface area contributed by atoms with Crippen molar-refractivity contribution in [2.45, 2.75) is 31.2 Å². The highest BCUT2D eigenvalue weighted by Crippen LogP contribution is 2.36. The number of halogens is 1. The van der Waals surface area contributed by atoms with E-state index in [0.29, 0.717) is 10.9 Å². The van der Waals surface area contributed by atoms with E-state index in [4.69, 9.17) is 17.4 Å². The minimum absolute atomic E-state index is 0.193. The van der Waals surface area contributed by atoms with Crippen molar-refractivity contribution >= 4 is 11.6 Å². The van der Waals surface area contributed by atoms with Crippen LogP contribution in [0.15, 0.2) is 42.7 Å². The molecule has 20 heavy (non-hydrogen) atoms. The van der Waals surface area contributed by atoms with Crippen molar-refractivity contribution in [3.8, 4) is 0 Å². The zero-order chi connectivity index (χ0) is 13.9. The van der Waals surface area contributed by atoms with Gasteiger partial charge in [0, 0.05) is 24.4 Å². The molecule has 1 aromatic carbocycles. The van der Waals surface area contributed by atoms with Crippen LogP contribution in [0.3, 0.4) is 0 Å². The normalized spacial score (nSPS) is 18.8. The summed E-state index contributed by atoms with van der Waals surface area (Å²) in [5, 5.41) is 0.707. The van der Waals surface area contributed by atoms with Crippen molar-refractivity contribution in [1.29, 1.82) is 0 Å². The van der Waals surface area contributed by atoms with Gasteiger partial charge in [-0.2, -0.15) is 0 Å². The van der Waals surface area contributed by atoms with Gasteiger partial charge in [-0.15, -0.1) is 0 Å². The lowest BCUT2D eigenvalue weighted by molar-refractivity contribution is 0.434. The maximum absolute atomic E-state index is 6.20. The molecule has 104 valence electrons. The highest BCUT2D eigenvalue weighted by Gasteiger charge is 2.29. The fourth-order valence-corrected chi connectivity index (χ4v) is 3.33. The number of hydrogen-bond acceptors (Lipinski definition) is 3. The van der Waals surface area contributed by atoms with E-state index in [-0.39, 0.29) is 6.04 Å². The Hall–Kier alpha value is -1.42. The summed E-state index contributed by atoms with van der Waals surface area (Å²) in [7, 11) is 0. The lowest BCUT2D eigenvalue weighted by Crippen LogP contribution is -2.40. The molecule has 3 rings (SSSR count). The average molecular weight is 288 g/mol. The summed E-state index contributed by atoms with van der Waals surface area (Å²) < 4.78 is 0. The minimum atomic E-state index is 0.193. The summed E-state index contributed by atoms with van der Waals surface area (Å²) in [6.07, 6.45) is 6.54. The second-order valence-electron chi connectivity index (χ2n) is 5.29. The molecule has 1 aromatic heterocycles. The van der Waals surface area contributed by atoms with Gasteiger partial charge in [0.2, 0.25) is 0 Å². The van der Waals surface area contributed by atoms with Crippen molar-refractivity contribution in [2.75, 3.05) is 0 Å². The van der Waals surface area contributed by atoms with Crippen molar-refractivity contribution in [3.05, 3.63) is 64.4 Å². The van der Waals surface area contributed by atoms with Gasteiger partial charge in [0.1, 0.15) is 0 Å². The number of nitrogens with two attached hydrogens (primary N) is 1. The van der Waals surface area contributed by atoms with E-state index in [1.165, 1.54) is 11.1 Å². The van der Waals surface area contributed by atoms with Crippen LogP contribution in [-0.2, 0) is 12.8 Å². The second kappa shape index (κ2) is 5.92. The third kappa shape index (κ3) is 2.57. The molecule has 0 fully saturated rings. The quantitative estimate of drug-likeness (QED) is 0.671. The van der Waals surface area contributed by atoms with Gasteiger partial charge in [0.25, 0.3) is 0 Å². The average Bonchev–Trinajstić information content (AvgIpc) is 2.90. The largest absolute Gasteiger partial charge is 0.271 e. The fraction of sp³-hybridized carbons (Fsp3) is 0.312. The van der Waals surface area contributed by atoms with E-state index >= 15 is 0 Å². The van der Waals surface area contributed by atoms with Gasteiger partial charge in [-0.25, -0.2) is 0 Å². The minimum Gasteiger partial charge on any atom is -0.271 e.